The quantitative estimate of drug-likeness (QED) is 0.720. The Hall–Kier alpha value is -3.42. The van der Waals surface area contributed by atoms with E-state index in [9.17, 15) is 9.59 Å². The number of ether oxygens (including phenoxy) is 4. The SMILES string of the molecule is CC(C)(C)C(=O)Nc1cc(COc2ccc3c(c2)OCC3CC(=O)O)c2c(c1)OCO2. The van der Waals surface area contributed by atoms with Gasteiger partial charge in [-0.05, 0) is 12.1 Å². The minimum absolute atomic E-state index is 0.0315. The van der Waals surface area contributed by atoms with E-state index in [4.69, 9.17) is 24.1 Å². The second kappa shape index (κ2) is 8.02. The fourth-order valence-electron chi connectivity index (χ4n) is 3.47. The predicted molar refractivity (Wildman–Crippen MR) is 112 cm³/mol. The van der Waals surface area contributed by atoms with Crippen LogP contribution in [0.2, 0.25) is 0 Å². The van der Waals surface area contributed by atoms with Crippen LogP contribution in [0.25, 0.3) is 0 Å². The smallest absolute Gasteiger partial charge is 0.304 e. The zero-order valence-corrected chi connectivity index (χ0v) is 17.7. The largest absolute Gasteiger partial charge is 0.492 e. The van der Waals surface area contributed by atoms with E-state index in [1.165, 1.54) is 0 Å². The predicted octanol–water partition coefficient (Wildman–Crippen LogP) is 3.93. The number of hydrogen-bond donors (Lipinski definition) is 2. The van der Waals surface area contributed by atoms with Gasteiger partial charge in [0.25, 0.3) is 0 Å². The molecule has 31 heavy (non-hydrogen) atoms. The third-order valence-electron chi connectivity index (χ3n) is 5.17. The Morgan fingerprint density at radius 2 is 1.94 bits per heavy atom. The molecule has 2 aromatic rings. The first kappa shape index (κ1) is 20.8. The van der Waals surface area contributed by atoms with Gasteiger partial charge in [0.1, 0.15) is 18.1 Å². The molecule has 8 heteroatoms. The number of carboxylic acids is 1. The molecule has 0 bridgehead atoms. The fourth-order valence-corrected chi connectivity index (χ4v) is 3.47. The molecular formula is C23H25NO7. The van der Waals surface area contributed by atoms with Gasteiger partial charge in [-0.15, -0.1) is 0 Å². The molecule has 2 aliphatic rings. The van der Waals surface area contributed by atoms with Crippen molar-refractivity contribution in [2.24, 2.45) is 5.41 Å². The molecule has 8 nitrogen and oxygen atoms in total. The summed E-state index contributed by atoms with van der Waals surface area (Å²) in [6.07, 6.45) is 0.0315. The van der Waals surface area contributed by atoms with Gasteiger partial charge in [0.2, 0.25) is 12.7 Å². The minimum atomic E-state index is -0.851. The van der Waals surface area contributed by atoms with Gasteiger partial charge in [-0.25, -0.2) is 0 Å². The van der Waals surface area contributed by atoms with Crippen molar-refractivity contribution in [3.05, 3.63) is 41.5 Å². The molecule has 2 N–H and O–H groups in total. The van der Waals surface area contributed by atoms with Crippen LogP contribution in [0, 0.1) is 5.41 Å². The maximum atomic E-state index is 12.4. The summed E-state index contributed by atoms with van der Waals surface area (Å²) in [5, 5.41) is 11.9. The Balaban J connectivity index is 1.50. The van der Waals surface area contributed by atoms with Crippen molar-refractivity contribution in [2.45, 2.75) is 39.7 Å². The van der Waals surface area contributed by atoms with E-state index in [2.05, 4.69) is 5.32 Å². The standard InChI is InChI=1S/C23H25NO7/c1-23(2,3)22(27)24-15-6-14(21-19(8-15)30-12-31-21)11-28-16-4-5-17-13(7-20(25)26)10-29-18(17)9-16/h4-6,8-9,13H,7,10-12H2,1-3H3,(H,24,27)(H,25,26). The fraction of sp³-hybridized carbons (Fsp3) is 0.391. The molecule has 164 valence electrons. The van der Waals surface area contributed by atoms with Gasteiger partial charge in [-0.2, -0.15) is 0 Å². The number of anilines is 1. The molecule has 0 fully saturated rings. The van der Waals surface area contributed by atoms with E-state index in [1.807, 2.05) is 32.9 Å². The number of carbonyl (C=O) groups is 2. The molecular weight excluding hydrogens is 402 g/mol. The van der Waals surface area contributed by atoms with E-state index in [0.29, 0.717) is 35.3 Å². The van der Waals surface area contributed by atoms with E-state index in [0.717, 1.165) is 11.1 Å². The number of aliphatic carboxylic acids is 1. The molecule has 0 spiro atoms. The summed E-state index contributed by atoms with van der Waals surface area (Å²) in [6.45, 7) is 6.18. The van der Waals surface area contributed by atoms with Crippen LogP contribution in [0.4, 0.5) is 5.69 Å². The van der Waals surface area contributed by atoms with Gasteiger partial charge in [0, 0.05) is 40.3 Å². The van der Waals surface area contributed by atoms with Crippen molar-refractivity contribution >= 4 is 17.6 Å². The van der Waals surface area contributed by atoms with Crippen LogP contribution < -0.4 is 24.3 Å². The highest BCUT2D eigenvalue weighted by Crippen LogP contribution is 2.41. The number of fused-ring (bicyclic) bond motifs is 2. The summed E-state index contributed by atoms with van der Waals surface area (Å²) in [6, 6.07) is 8.95. The van der Waals surface area contributed by atoms with E-state index >= 15 is 0 Å². The normalized spacial score (nSPS) is 16.4. The van der Waals surface area contributed by atoms with Crippen LogP contribution in [-0.4, -0.2) is 30.4 Å². The zero-order chi connectivity index (χ0) is 22.2. The number of amides is 1. The number of carboxylic acid groups (broad SMARTS) is 1. The summed E-state index contributed by atoms with van der Waals surface area (Å²) in [5.41, 5.74) is 1.69. The summed E-state index contributed by atoms with van der Waals surface area (Å²) in [5.74, 6) is 1.26. The van der Waals surface area contributed by atoms with Crippen molar-refractivity contribution in [2.75, 3.05) is 18.7 Å². The zero-order valence-electron chi connectivity index (χ0n) is 17.7. The molecule has 2 aliphatic heterocycles. The second-order valence-electron chi connectivity index (χ2n) is 8.67. The lowest BCUT2D eigenvalue weighted by molar-refractivity contribution is -0.137. The molecule has 0 aromatic heterocycles. The van der Waals surface area contributed by atoms with Crippen LogP contribution in [0.1, 0.15) is 44.2 Å². The first-order valence-electron chi connectivity index (χ1n) is 10.1. The third-order valence-corrected chi connectivity index (χ3v) is 5.17. The highest BCUT2D eigenvalue weighted by atomic mass is 16.7. The molecule has 2 aromatic carbocycles. The minimum Gasteiger partial charge on any atom is -0.492 e. The van der Waals surface area contributed by atoms with Gasteiger partial charge in [0.05, 0.1) is 13.0 Å². The summed E-state index contributed by atoms with van der Waals surface area (Å²) in [7, 11) is 0. The molecule has 1 unspecified atom stereocenters. The lowest BCUT2D eigenvalue weighted by Gasteiger charge is -2.18. The van der Waals surface area contributed by atoms with E-state index in [1.54, 1.807) is 18.2 Å². The Labute approximate surface area is 180 Å². The Morgan fingerprint density at radius 1 is 1.13 bits per heavy atom. The lowest BCUT2D eigenvalue weighted by Crippen LogP contribution is -2.27. The summed E-state index contributed by atoms with van der Waals surface area (Å²) >= 11 is 0. The van der Waals surface area contributed by atoms with Gasteiger partial charge in [0.15, 0.2) is 11.5 Å². The first-order chi connectivity index (χ1) is 14.7. The highest BCUT2D eigenvalue weighted by Gasteiger charge is 2.27. The average molecular weight is 427 g/mol. The number of carbonyl (C=O) groups excluding carboxylic acids is 1. The maximum Gasteiger partial charge on any atom is 0.304 e. The van der Waals surface area contributed by atoms with Crippen LogP contribution in [0.15, 0.2) is 30.3 Å². The first-order valence-corrected chi connectivity index (χ1v) is 10.1. The van der Waals surface area contributed by atoms with Crippen LogP contribution in [-0.2, 0) is 16.2 Å². The van der Waals surface area contributed by atoms with Gasteiger partial charge in [-0.1, -0.05) is 26.8 Å². The highest BCUT2D eigenvalue weighted by molar-refractivity contribution is 5.95. The Bertz CT molecular complexity index is 1030. The Kier molecular flexibility index (Phi) is 5.39. The van der Waals surface area contributed by atoms with Gasteiger partial charge < -0.3 is 29.4 Å². The molecule has 4 rings (SSSR count). The second-order valence-corrected chi connectivity index (χ2v) is 8.67. The molecule has 0 radical (unpaired) electrons. The van der Waals surface area contributed by atoms with Crippen molar-refractivity contribution < 1.29 is 33.6 Å². The summed E-state index contributed by atoms with van der Waals surface area (Å²) in [4.78, 5) is 23.4. The van der Waals surface area contributed by atoms with Gasteiger partial charge in [-0.3, -0.25) is 9.59 Å². The Morgan fingerprint density at radius 3 is 2.68 bits per heavy atom. The van der Waals surface area contributed by atoms with Crippen molar-refractivity contribution in [3.8, 4) is 23.0 Å². The van der Waals surface area contributed by atoms with E-state index in [-0.39, 0.29) is 31.6 Å². The molecule has 2 heterocycles. The number of benzene rings is 2. The van der Waals surface area contributed by atoms with Crippen molar-refractivity contribution in [1.29, 1.82) is 0 Å². The number of rotatable bonds is 6. The topological polar surface area (TPSA) is 103 Å². The van der Waals surface area contributed by atoms with Crippen LogP contribution in [0.5, 0.6) is 23.0 Å². The molecule has 0 aliphatic carbocycles. The van der Waals surface area contributed by atoms with Gasteiger partial charge >= 0.3 is 5.97 Å². The van der Waals surface area contributed by atoms with Crippen molar-refractivity contribution in [1.82, 2.24) is 0 Å². The molecule has 0 saturated carbocycles. The number of hydrogen-bond acceptors (Lipinski definition) is 6. The van der Waals surface area contributed by atoms with E-state index < -0.39 is 11.4 Å². The molecule has 1 atom stereocenters. The van der Waals surface area contributed by atoms with Crippen LogP contribution in [0.3, 0.4) is 0 Å². The lowest BCUT2D eigenvalue weighted by atomic mass is 9.95. The monoisotopic (exact) mass is 427 g/mol. The van der Waals surface area contributed by atoms with Crippen LogP contribution >= 0.6 is 0 Å². The van der Waals surface area contributed by atoms with Crippen molar-refractivity contribution in [3.63, 3.8) is 0 Å². The average Bonchev–Trinajstić information content (AvgIpc) is 3.32. The number of nitrogens with one attached hydrogen (secondary N) is 1. The summed E-state index contributed by atoms with van der Waals surface area (Å²) < 4.78 is 22.7. The maximum absolute atomic E-state index is 12.4. The molecule has 1 amide bonds. The third kappa shape index (κ3) is 4.52. The molecule has 0 saturated heterocycles.